The molecule has 2 aromatic rings. The van der Waals surface area contributed by atoms with Gasteiger partial charge in [-0.05, 0) is 63.1 Å². The second-order valence-electron chi connectivity index (χ2n) is 7.25. The maximum Gasteiger partial charge on any atom is 0.175 e. The molecule has 1 saturated heterocycles. The van der Waals surface area contributed by atoms with Gasteiger partial charge in [-0.1, -0.05) is 30.3 Å². The zero-order valence-corrected chi connectivity index (χ0v) is 17.0. The number of para-hydroxylation sites is 1. The first-order valence-electron chi connectivity index (χ1n) is 10.8. The summed E-state index contributed by atoms with van der Waals surface area (Å²) in [6.45, 7) is -0.848. The molecule has 1 atom stereocenters. The van der Waals surface area contributed by atoms with Crippen LogP contribution in [0.3, 0.4) is 0 Å². The van der Waals surface area contributed by atoms with Gasteiger partial charge in [-0.15, -0.1) is 0 Å². The molecule has 4 rings (SSSR count). The molecule has 2 aliphatic heterocycles. The maximum atomic E-state index is 12.1. The SMILES string of the molecule is [2H]C([2H])([2H])N1CCCCC1CCN1c2ccccc2Sc2ccc(S(C)(=O)=O)cc21. The van der Waals surface area contributed by atoms with Crippen LogP contribution in [0.25, 0.3) is 0 Å². The van der Waals surface area contributed by atoms with Crippen LogP contribution in [0, 0.1) is 0 Å². The average Bonchev–Trinajstić information content (AvgIpc) is 2.69. The number of rotatable bonds is 4. The van der Waals surface area contributed by atoms with Crippen molar-refractivity contribution in [1.82, 2.24) is 4.90 Å². The molecular weight excluding hydrogens is 376 g/mol. The summed E-state index contributed by atoms with van der Waals surface area (Å²) < 4.78 is 47.9. The number of fused-ring (bicyclic) bond motifs is 2. The van der Waals surface area contributed by atoms with Crippen molar-refractivity contribution in [2.75, 3.05) is 31.2 Å². The first-order chi connectivity index (χ1) is 14.1. The number of hydrogen-bond donors (Lipinski definition) is 0. The van der Waals surface area contributed by atoms with Crippen LogP contribution in [0.15, 0.2) is 57.2 Å². The monoisotopic (exact) mass is 405 g/mol. The summed E-state index contributed by atoms with van der Waals surface area (Å²) in [5.41, 5.74) is 1.91. The number of likely N-dealkylation sites (tertiary alicyclic amines) is 1. The van der Waals surface area contributed by atoms with E-state index in [1.165, 1.54) is 6.26 Å². The molecule has 4 nitrogen and oxygen atoms in total. The molecule has 27 heavy (non-hydrogen) atoms. The summed E-state index contributed by atoms with van der Waals surface area (Å²) in [5.74, 6) is 0. The van der Waals surface area contributed by atoms with E-state index < -0.39 is 16.8 Å². The Bertz CT molecular complexity index is 1040. The van der Waals surface area contributed by atoms with E-state index in [-0.39, 0.29) is 6.04 Å². The van der Waals surface area contributed by atoms with E-state index in [2.05, 4.69) is 11.0 Å². The summed E-state index contributed by atoms with van der Waals surface area (Å²) in [6.07, 6.45) is 4.76. The Hall–Kier alpha value is -1.50. The largest absolute Gasteiger partial charge is 0.340 e. The molecule has 144 valence electrons. The molecule has 0 aliphatic carbocycles. The molecule has 2 aromatic carbocycles. The van der Waals surface area contributed by atoms with Gasteiger partial charge in [0.05, 0.1) is 16.3 Å². The van der Waals surface area contributed by atoms with Gasteiger partial charge in [0.15, 0.2) is 9.84 Å². The van der Waals surface area contributed by atoms with Crippen LogP contribution in [-0.4, -0.2) is 45.7 Å². The van der Waals surface area contributed by atoms with Crippen LogP contribution in [0.4, 0.5) is 11.4 Å². The van der Waals surface area contributed by atoms with Crippen molar-refractivity contribution in [3.63, 3.8) is 0 Å². The molecule has 1 fully saturated rings. The summed E-state index contributed by atoms with van der Waals surface area (Å²) in [4.78, 5) is 6.25. The van der Waals surface area contributed by atoms with Gasteiger partial charge in [-0.3, -0.25) is 0 Å². The second-order valence-corrected chi connectivity index (χ2v) is 10.4. The molecule has 2 heterocycles. The van der Waals surface area contributed by atoms with Gasteiger partial charge in [0.25, 0.3) is 0 Å². The molecule has 1 unspecified atom stereocenters. The predicted octanol–water partition coefficient (Wildman–Crippen LogP) is 4.57. The smallest absolute Gasteiger partial charge is 0.175 e. The van der Waals surface area contributed by atoms with Gasteiger partial charge < -0.3 is 9.80 Å². The average molecular weight is 406 g/mol. The molecule has 0 radical (unpaired) electrons. The first kappa shape index (κ1) is 15.4. The highest BCUT2D eigenvalue weighted by Gasteiger charge is 2.26. The molecule has 0 amide bonds. The lowest BCUT2D eigenvalue weighted by Crippen LogP contribution is -2.38. The van der Waals surface area contributed by atoms with Crippen LogP contribution in [0.5, 0.6) is 0 Å². The third kappa shape index (κ3) is 3.89. The highest BCUT2D eigenvalue weighted by atomic mass is 32.2. The highest BCUT2D eigenvalue weighted by molar-refractivity contribution is 7.99. The minimum Gasteiger partial charge on any atom is -0.340 e. The second kappa shape index (κ2) is 7.49. The fourth-order valence-electron chi connectivity index (χ4n) is 3.86. The Morgan fingerprint density at radius 2 is 1.96 bits per heavy atom. The van der Waals surface area contributed by atoms with E-state index in [4.69, 9.17) is 4.11 Å². The highest BCUT2D eigenvalue weighted by Crippen LogP contribution is 2.48. The van der Waals surface area contributed by atoms with Crippen LogP contribution in [0.1, 0.15) is 29.8 Å². The summed E-state index contributed by atoms with van der Waals surface area (Å²) >= 11 is 1.63. The van der Waals surface area contributed by atoms with Crippen molar-refractivity contribution in [2.45, 2.75) is 46.4 Å². The van der Waals surface area contributed by atoms with Gasteiger partial charge in [0, 0.05) is 32.7 Å². The number of sulfone groups is 1. The van der Waals surface area contributed by atoms with Crippen LogP contribution < -0.4 is 4.90 Å². The maximum absolute atomic E-state index is 12.1. The summed E-state index contributed by atoms with van der Waals surface area (Å²) in [6, 6.07) is 13.4. The molecule has 0 spiro atoms. The van der Waals surface area contributed by atoms with Gasteiger partial charge >= 0.3 is 0 Å². The van der Waals surface area contributed by atoms with Crippen LogP contribution >= 0.6 is 11.8 Å². The Morgan fingerprint density at radius 1 is 1.15 bits per heavy atom. The van der Waals surface area contributed by atoms with Crippen molar-refractivity contribution < 1.29 is 12.5 Å². The zero-order chi connectivity index (χ0) is 21.5. The van der Waals surface area contributed by atoms with Crippen molar-refractivity contribution in [3.05, 3.63) is 42.5 Å². The summed E-state index contributed by atoms with van der Waals surface area (Å²) in [7, 11) is -3.32. The molecular formula is C21H26N2O2S2. The summed E-state index contributed by atoms with van der Waals surface area (Å²) in [5, 5.41) is 0. The molecule has 0 saturated carbocycles. The number of anilines is 2. The molecule has 0 aromatic heterocycles. The topological polar surface area (TPSA) is 40.6 Å². The minimum atomic E-state index is -3.32. The number of piperidine rings is 1. The van der Waals surface area contributed by atoms with E-state index >= 15 is 0 Å². The lowest BCUT2D eigenvalue weighted by atomic mass is 9.99. The third-order valence-electron chi connectivity index (χ3n) is 5.34. The molecule has 2 aliphatic rings. The van der Waals surface area contributed by atoms with Crippen LogP contribution in [-0.2, 0) is 9.84 Å². The number of nitrogens with zero attached hydrogens (tertiary/aromatic N) is 2. The van der Waals surface area contributed by atoms with E-state index in [1.807, 2.05) is 24.3 Å². The van der Waals surface area contributed by atoms with E-state index in [9.17, 15) is 8.42 Å². The van der Waals surface area contributed by atoms with Gasteiger partial charge in [-0.25, -0.2) is 8.42 Å². The fourth-order valence-corrected chi connectivity index (χ4v) is 5.58. The quantitative estimate of drug-likeness (QED) is 0.745. The van der Waals surface area contributed by atoms with Gasteiger partial charge in [0.1, 0.15) is 0 Å². The Morgan fingerprint density at radius 3 is 2.78 bits per heavy atom. The minimum absolute atomic E-state index is 0.00506. The lowest BCUT2D eigenvalue weighted by molar-refractivity contribution is 0.178. The zero-order valence-electron chi connectivity index (χ0n) is 18.4. The van der Waals surface area contributed by atoms with Crippen molar-refractivity contribution in [1.29, 1.82) is 0 Å². The Kier molecular flexibility index (Phi) is 4.28. The van der Waals surface area contributed by atoms with Gasteiger partial charge in [-0.2, -0.15) is 0 Å². The standard InChI is InChI=1S/C21H26N2O2S2/c1-22-13-6-5-7-16(22)12-14-23-18-8-3-4-9-20(18)26-21-11-10-17(15-19(21)23)27(2,24)25/h3-4,8-11,15-16H,5-7,12-14H2,1-2H3/i1D3. The molecule has 0 bridgehead atoms. The van der Waals surface area contributed by atoms with Crippen molar-refractivity contribution in [2.24, 2.45) is 0 Å². The Balaban J connectivity index is 1.67. The first-order valence-corrected chi connectivity index (χ1v) is 12.0. The third-order valence-corrected chi connectivity index (χ3v) is 7.58. The van der Waals surface area contributed by atoms with E-state index in [0.717, 1.165) is 40.4 Å². The van der Waals surface area contributed by atoms with Crippen molar-refractivity contribution in [3.8, 4) is 0 Å². The lowest BCUT2D eigenvalue weighted by Gasteiger charge is -2.37. The normalized spacial score (nSPS) is 22.3. The van der Waals surface area contributed by atoms with Crippen molar-refractivity contribution >= 4 is 33.0 Å². The number of benzene rings is 2. The van der Waals surface area contributed by atoms with E-state index in [0.29, 0.717) is 24.4 Å². The Labute approximate surface area is 170 Å². The number of hydrogen-bond acceptors (Lipinski definition) is 5. The molecule has 0 N–H and O–H groups in total. The predicted molar refractivity (Wildman–Crippen MR) is 112 cm³/mol. The molecule has 6 heteroatoms. The van der Waals surface area contributed by atoms with E-state index in [1.54, 1.807) is 28.8 Å². The fraction of sp³-hybridized carbons (Fsp3) is 0.429. The van der Waals surface area contributed by atoms with Crippen LogP contribution in [0.2, 0.25) is 0 Å². The van der Waals surface area contributed by atoms with Gasteiger partial charge in [0.2, 0.25) is 0 Å².